The Kier molecular flexibility index (Phi) is 6.01. The number of anilines is 2. The molecule has 5 rings (SSSR count). The van der Waals surface area contributed by atoms with Crippen molar-refractivity contribution >= 4 is 35.1 Å². The molecule has 1 atom stereocenters. The average Bonchev–Trinajstić information content (AvgIpc) is 3.38. The van der Waals surface area contributed by atoms with Gasteiger partial charge in [0.2, 0.25) is 5.91 Å². The molecule has 0 aromatic heterocycles. The van der Waals surface area contributed by atoms with Crippen molar-refractivity contribution in [3.05, 3.63) is 83.4 Å². The van der Waals surface area contributed by atoms with Gasteiger partial charge in [-0.05, 0) is 61.9 Å². The highest BCUT2D eigenvalue weighted by Crippen LogP contribution is 2.35. The van der Waals surface area contributed by atoms with E-state index in [-0.39, 0.29) is 36.4 Å². The monoisotopic (exact) mass is 484 g/mol. The maximum absolute atomic E-state index is 12.9. The van der Waals surface area contributed by atoms with Crippen LogP contribution >= 0.6 is 0 Å². The van der Waals surface area contributed by atoms with Crippen molar-refractivity contribution in [2.75, 3.05) is 23.0 Å². The Morgan fingerprint density at radius 3 is 2.25 bits per heavy atom. The fourth-order valence-corrected chi connectivity index (χ4v) is 4.61. The van der Waals surface area contributed by atoms with E-state index in [1.807, 2.05) is 19.1 Å². The first-order chi connectivity index (χ1) is 17.4. The van der Waals surface area contributed by atoms with E-state index in [1.54, 1.807) is 66.4 Å². The summed E-state index contributed by atoms with van der Waals surface area (Å²) < 4.78 is 11.2. The molecule has 0 unspecified atom stereocenters. The molecule has 1 fully saturated rings. The Balaban J connectivity index is 1.30. The number of para-hydroxylation sites is 2. The van der Waals surface area contributed by atoms with Crippen LogP contribution in [0.3, 0.4) is 0 Å². The molecule has 36 heavy (non-hydrogen) atoms. The fraction of sp³-hybridized carbons (Fsp3) is 0.214. The van der Waals surface area contributed by atoms with Crippen molar-refractivity contribution in [2.24, 2.45) is 5.92 Å². The number of rotatable bonds is 6. The molecule has 1 saturated heterocycles. The predicted molar refractivity (Wildman–Crippen MR) is 132 cm³/mol. The zero-order valence-electron chi connectivity index (χ0n) is 19.9. The highest BCUT2D eigenvalue weighted by molar-refractivity contribution is 6.34. The summed E-state index contributed by atoms with van der Waals surface area (Å²) in [6.45, 7) is 4.25. The number of esters is 1. The Bertz CT molecular complexity index is 1360. The van der Waals surface area contributed by atoms with Crippen molar-refractivity contribution in [2.45, 2.75) is 20.3 Å². The summed E-state index contributed by atoms with van der Waals surface area (Å²) in [5.41, 5.74) is 2.37. The quantitative estimate of drug-likeness (QED) is 0.296. The number of carbonyl (C=O) groups is 4. The highest BCUT2D eigenvalue weighted by Gasteiger charge is 2.39. The summed E-state index contributed by atoms with van der Waals surface area (Å²) in [4.78, 5) is 53.9. The first-order valence-corrected chi connectivity index (χ1v) is 11.7. The second kappa shape index (κ2) is 9.30. The molecule has 182 valence electrons. The summed E-state index contributed by atoms with van der Waals surface area (Å²) in [6, 6.07) is 18.6. The van der Waals surface area contributed by atoms with Gasteiger partial charge in [0.25, 0.3) is 11.8 Å². The maximum atomic E-state index is 12.9. The van der Waals surface area contributed by atoms with E-state index in [0.29, 0.717) is 40.4 Å². The van der Waals surface area contributed by atoms with Gasteiger partial charge < -0.3 is 14.4 Å². The van der Waals surface area contributed by atoms with Crippen LogP contribution in [0.5, 0.6) is 11.5 Å². The number of amides is 3. The minimum absolute atomic E-state index is 0.0331. The van der Waals surface area contributed by atoms with Crippen LogP contribution in [0, 0.1) is 12.8 Å². The molecule has 3 aromatic carbocycles. The number of imide groups is 1. The fourth-order valence-electron chi connectivity index (χ4n) is 4.61. The number of nitrogens with zero attached hydrogens (tertiary/aromatic N) is 2. The first-order valence-electron chi connectivity index (χ1n) is 11.7. The molecule has 0 saturated carbocycles. The molecule has 0 aliphatic carbocycles. The largest absolute Gasteiger partial charge is 0.492 e. The van der Waals surface area contributed by atoms with Crippen LogP contribution in [0.15, 0.2) is 66.7 Å². The number of hydrogen-bond donors (Lipinski definition) is 0. The third-order valence-electron chi connectivity index (χ3n) is 6.34. The second-order valence-corrected chi connectivity index (χ2v) is 8.67. The third kappa shape index (κ3) is 4.00. The standard InChI is InChI=1S/C28H24N2O6/c1-3-35-24-11-7-6-10-23(24)29-16-18(15-25(29)31)28(34)36-19-12-13-22(17(2)14-19)30-26(32)20-8-4-5-9-21(20)27(30)33/h4-14,18H,3,15-16H2,1-2H3/t18-/m0/s1. The number of carbonyl (C=O) groups excluding carboxylic acids is 4. The Hall–Kier alpha value is -4.46. The number of fused-ring (bicyclic) bond motifs is 1. The summed E-state index contributed by atoms with van der Waals surface area (Å²) in [6.07, 6.45) is 0.0331. The van der Waals surface area contributed by atoms with Crippen LogP contribution < -0.4 is 19.3 Å². The molecule has 0 bridgehead atoms. The van der Waals surface area contributed by atoms with Gasteiger partial charge >= 0.3 is 5.97 Å². The van der Waals surface area contributed by atoms with E-state index in [4.69, 9.17) is 9.47 Å². The minimum atomic E-state index is -0.636. The Morgan fingerprint density at radius 2 is 1.58 bits per heavy atom. The molecule has 8 nitrogen and oxygen atoms in total. The van der Waals surface area contributed by atoms with Gasteiger partial charge in [0.1, 0.15) is 11.5 Å². The van der Waals surface area contributed by atoms with Gasteiger partial charge in [0.05, 0.1) is 35.0 Å². The molecule has 0 N–H and O–H groups in total. The van der Waals surface area contributed by atoms with Crippen molar-refractivity contribution in [3.8, 4) is 11.5 Å². The molecule has 2 aliphatic rings. The zero-order chi connectivity index (χ0) is 25.4. The molecule has 3 amide bonds. The lowest BCUT2D eigenvalue weighted by Gasteiger charge is -2.20. The normalized spacial score (nSPS) is 16.9. The Labute approximate surface area is 208 Å². The molecule has 0 radical (unpaired) electrons. The number of hydrogen-bond acceptors (Lipinski definition) is 6. The molecule has 2 heterocycles. The molecule has 0 spiro atoms. The van der Waals surface area contributed by atoms with E-state index < -0.39 is 11.9 Å². The number of aryl methyl sites for hydroxylation is 1. The van der Waals surface area contributed by atoms with E-state index in [2.05, 4.69) is 0 Å². The molecule has 8 heteroatoms. The van der Waals surface area contributed by atoms with Crippen LogP contribution in [-0.4, -0.2) is 36.8 Å². The maximum Gasteiger partial charge on any atom is 0.316 e. The minimum Gasteiger partial charge on any atom is -0.492 e. The van der Waals surface area contributed by atoms with Gasteiger partial charge in [-0.3, -0.25) is 19.2 Å². The lowest BCUT2D eigenvalue weighted by Crippen LogP contribution is -2.30. The highest BCUT2D eigenvalue weighted by atomic mass is 16.5. The first kappa shape index (κ1) is 23.3. The van der Waals surface area contributed by atoms with Gasteiger partial charge in [-0.2, -0.15) is 0 Å². The van der Waals surface area contributed by atoms with E-state index in [9.17, 15) is 19.2 Å². The zero-order valence-corrected chi connectivity index (χ0v) is 19.9. The molecular weight excluding hydrogens is 460 g/mol. The summed E-state index contributed by atoms with van der Waals surface area (Å²) in [5.74, 6) is -1.25. The van der Waals surface area contributed by atoms with E-state index >= 15 is 0 Å². The van der Waals surface area contributed by atoms with Gasteiger partial charge in [0, 0.05) is 13.0 Å². The number of ether oxygens (including phenoxy) is 2. The summed E-state index contributed by atoms with van der Waals surface area (Å²) in [5, 5.41) is 0. The van der Waals surface area contributed by atoms with Crippen molar-refractivity contribution < 1.29 is 28.7 Å². The van der Waals surface area contributed by atoms with Crippen LogP contribution in [-0.2, 0) is 9.59 Å². The average molecular weight is 485 g/mol. The molecule has 3 aromatic rings. The Morgan fingerprint density at radius 1 is 0.917 bits per heavy atom. The van der Waals surface area contributed by atoms with Gasteiger partial charge in [-0.15, -0.1) is 0 Å². The topological polar surface area (TPSA) is 93.2 Å². The van der Waals surface area contributed by atoms with Crippen LogP contribution in [0.4, 0.5) is 11.4 Å². The summed E-state index contributed by atoms with van der Waals surface area (Å²) >= 11 is 0. The van der Waals surface area contributed by atoms with Gasteiger partial charge in [-0.1, -0.05) is 24.3 Å². The van der Waals surface area contributed by atoms with E-state index in [0.717, 1.165) is 4.90 Å². The lowest BCUT2D eigenvalue weighted by atomic mass is 10.1. The smallest absolute Gasteiger partial charge is 0.316 e. The van der Waals surface area contributed by atoms with E-state index in [1.165, 1.54) is 0 Å². The molecular formula is C28H24N2O6. The van der Waals surface area contributed by atoms with Crippen molar-refractivity contribution in [3.63, 3.8) is 0 Å². The SMILES string of the molecule is CCOc1ccccc1N1C[C@@H](C(=O)Oc2ccc(N3C(=O)c4ccccc4C3=O)c(C)c2)CC1=O. The van der Waals surface area contributed by atoms with Crippen LogP contribution in [0.25, 0.3) is 0 Å². The van der Waals surface area contributed by atoms with Crippen molar-refractivity contribution in [1.82, 2.24) is 0 Å². The lowest BCUT2D eigenvalue weighted by molar-refractivity contribution is -0.139. The molecule has 2 aliphatic heterocycles. The number of benzene rings is 3. The van der Waals surface area contributed by atoms with Crippen LogP contribution in [0.2, 0.25) is 0 Å². The third-order valence-corrected chi connectivity index (χ3v) is 6.34. The van der Waals surface area contributed by atoms with Gasteiger partial charge in [-0.25, -0.2) is 4.90 Å². The predicted octanol–water partition coefficient (Wildman–Crippen LogP) is 4.15. The second-order valence-electron chi connectivity index (χ2n) is 8.67. The van der Waals surface area contributed by atoms with Crippen LogP contribution in [0.1, 0.15) is 39.6 Å². The summed E-state index contributed by atoms with van der Waals surface area (Å²) in [7, 11) is 0. The van der Waals surface area contributed by atoms with Gasteiger partial charge in [0.15, 0.2) is 0 Å². The van der Waals surface area contributed by atoms with Crippen molar-refractivity contribution in [1.29, 1.82) is 0 Å².